The summed E-state index contributed by atoms with van der Waals surface area (Å²) in [4.78, 5) is 15.2. The summed E-state index contributed by atoms with van der Waals surface area (Å²) < 4.78 is 17.9. The minimum absolute atomic E-state index is 0.314. The van der Waals surface area contributed by atoms with Crippen LogP contribution < -0.4 is 0 Å². The van der Waals surface area contributed by atoms with E-state index < -0.39 is 5.95 Å². The number of esters is 1. The number of hydrogen-bond donors (Lipinski definition) is 0. The van der Waals surface area contributed by atoms with Gasteiger partial charge in [-0.15, -0.1) is 0 Å². The first kappa shape index (κ1) is 11.8. The van der Waals surface area contributed by atoms with Gasteiger partial charge in [-0.1, -0.05) is 6.07 Å². The molecule has 3 nitrogen and oxygen atoms in total. The summed E-state index contributed by atoms with van der Waals surface area (Å²) in [6, 6.07) is 4.60. The molecular formula is C13H14FNO2. The Morgan fingerprint density at radius 1 is 1.59 bits per heavy atom. The fraction of sp³-hybridized carbons (Fsp3) is 0.385. The van der Waals surface area contributed by atoms with Crippen LogP contribution in [0.2, 0.25) is 0 Å². The van der Waals surface area contributed by atoms with Crippen molar-refractivity contribution in [3.05, 3.63) is 35.9 Å². The molecule has 17 heavy (non-hydrogen) atoms. The van der Waals surface area contributed by atoms with Crippen molar-refractivity contribution in [3.63, 3.8) is 0 Å². The molecule has 0 radical (unpaired) electrons. The number of hydrogen-bond acceptors (Lipinski definition) is 3. The van der Waals surface area contributed by atoms with Crippen molar-refractivity contribution in [2.45, 2.75) is 19.8 Å². The zero-order valence-electron chi connectivity index (χ0n) is 9.65. The molecule has 1 aliphatic rings. The van der Waals surface area contributed by atoms with Gasteiger partial charge in [0.25, 0.3) is 0 Å². The molecule has 0 aliphatic heterocycles. The van der Waals surface area contributed by atoms with Gasteiger partial charge in [0.1, 0.15) is 0 Å². The van der Waals surface area contributed by atoms with Crippen LogP contribution in [0.3, 0.4) is 0 Å². The number of aromatic nitrogens is 1. The molecule has 1 aliphatic carbocycles. The molecule has 0 spiro atoms. The molecule has 90 valence electrons. The summed E-state index contributed by atoms with van der Waals surface area (Å²) in [6.45, 7) is 2.09. The normalized spacial score (nSPS) is 15.8. The second-order valence-corrected chi connectivity index (χ2v) is 3.97. The van der Waals surface area contributed by atoms with Gasteiger partial charge >= 0.3 is 5.97 Å². The van der Waals surface area contributed by atoms with E-state index in [1.54, 1.807) is 19.1 Å². The van der Waals surface area contributed by atoms with Crippen LogP contribution in [0.5, 0.6) is 0 Å². The second-order valence-electron chi connectivity index (χ2n) is 3.97. The van der Waals surface area contributed by atoms with Crippen LogP contribution in [0.25, 0.3) is 5.57 Å². The van der Waals surface area contributed by atoms with E-state index in [4.69, 9.17) is 4.74 Å². The summed E-state index contributed by atoms with van der Waals surface area (Å²) in [5, 5.41) is 0. The third-order valence-corrected chi connectivity index (χ3v) is 2.59. The maximum atomic E-state index is 13.0. The number of allylic oxidation sites excluding steroid dienone is 1. The molecule has 0 unspecified atom stereocenters. The summed E-state index contributed by atoms with van der Waals surface area (Å²) in [6.07, 6.45) is 3.47. The minimum atomic E-state index is -0.530. The van der Waals surface area contributed by atoms with Gasteiger partial charge < -0.3 is 4.74 Å². The fourth-order valence-corrected chi connectivity index (χ4v) is 1.68. The Labute approximate surface area is 99.3 Å². The van der Waals surface area contributed by atoms with Crippen LogP contribution >= 0.6 is 0 Å². The van der Waals surface area contributed by atoms with Gasteiger partial charge in [0.2, 0.25) is 5.95 Å². The van der Waals surface area contributed by atoms with E-state index in [-0.39, 0.29) is 5.97 Å². The average Bonchev–Trinajstić information content (AvgIpc) is 3.10. The first-order valence-electron chi connectivity index (χ1n) is 5.72. The summed E-state index contributed by atoms with van der Waals surface area (Å²) >= 11 is 0. The molecular weight excluding hydrogens is 221 g/mol. The number of carbonyl (C=O) groups excluding carboxylic acids is 1. The van der Waals surface area contributed by atoms with Gasteiger partial charge in [0.05, 0.1) is 12.3 Å². The molecule has 0 N–H and O–H groups in total. The highest BCUT2D eigenvalue weighted by Crippen LogP contribution is 2.41. The lowest BCUT2D eigenvalue weighted by Crippen LogP contribution is -2.03. The van der Waals surface area contributed by atoms with Crippen molar-refractivity contribution < 1.29 is 13.9 Å². The summed E-state index contributed by atoms with van der Waals surface area (Å²) in [5.74, 6) is -0.605. The quantitative estimate of drug-likeness (QED) is 0.457. The Balaban J connectivity index is 2.26. The Morgan fingerprint density at radius 2 is 2.35 bits per heavy atom. The van der Waals surface area contributed by atoms with E-state index in [1.165, 1.54) is 12.1 Å². The first-order valence-corrected chi connectivity index (χ1v) is 5.72. The topological polar surface area (TPSA) is 39.2 Å². The fourth-order valence-electron chi connectivity index (χ4n) is 1.68. The molecule has 1 aromatic rings. The van der Waals surface area contributed by atoms with Crippen molar-refractivity contribution in [1.82, 2.24) is 4.98 Å². The largest absolute Gasteiger partial charge is 0.463 e. The van der Waals surface area contributed by atoms with E-state index in [9.17, 15) is 9.18 Å². The zero-order chi connectivity index (χ0) is 12.3. The van der Waals surface area contributed by atoms with Crippen LogP contribution in [-0.2, 0) is 9.53 Å². The lowest BCUT2D eigenvalue weighted by Gasteiger charge is -2.05. The average molecular weight is 235 g/mol. The van der Waals surface area contributed by atoms with E-state index in [0.717, 1.165) is 18.4 Å². The van der Waals surface area contributed by atoms with Crippen molar-refractivity contribution in [3.8, 4) is 0 Å². The van der Waals surface area contributed by atoms with E-state index in [2.05, 4.69) is 4.98 Å². The van der Waals surface area contributed by atoms with Crippen molar-refractivity contribution in [2.24, 2.45) is 5.92 Å². The lowest BCUT2D eigenvalue weighted by atomic mass is 10.1. The van der Waals surface area contributed by atoms with E-state index >= 15 is 0 Å². The summed E-state index contributed by atoms with van der Waals surface area (Å²) in [7, 11) is 0. The number of halogens is 1. The number of ether oxygens (including phenoxy) is 1. The van der Waals surface area contributed by atoms with Gasteiger partial charge in [-0.05, 0) is 43.4 Å². The molecule has 4 heteroatoms. The van der Waals surface area contributed by atoms with Gasteiger partial charge in [-0.3, -0.25) is 0 Å². The minimum Gasteiger partial charge on any atom is -0.463 e. The van der Waals surface area contributed by atoms with Crippen LogP contribution in [0.1, 0.15) is 25.5 Å². The number of pyridine rings is 1. The smallest absolute Gasteiger partial charge is 0.331 e. The van der Waals surface area contributed by atoms with E-state index in [0.29, 0.717) is 18.2 Å². The van der Waals surface area contributed by atoms with Gasteiger partial charge in [0, 0.05) is 6.08 Å². The lowest BCUT2D eigenvalue weighted by molar-refractivity contribution is -0.137. The third-order valence-electron chi connectivity index (χ3n) is 2.59. The molecule has 1 heterocycles. The van der Waals surface area contributed by atoms with Crippen molar-refractivity contribution in [1.29, 1.82) is 0 Å². The van der Waals surface area contributed by atoms with Gasteiger partial charge in [-0.25, -0.2) is 9.78 Å². The first-order chi connectivity index (χ1) is 8.20. The standard InChI is InChI=1S/C13H14FNO2/c1-2-17-13(16)8-10(9-6-7-9)11-4-3-5-12(14)15-11/h3-5,8-9H,2,6-7H2,1H3/b10-8-. The van der Waals surface area contributed by atoms with Crippen LogP contribution in [-0.4, -0.2) is 17.6 Å². The molecule has 0 aromatic carbocycles. The van der Waals surface area contributed by atoms with Crippen molar-refractivity contribution in [2.75, 3.05) is 6.61 Å². The Morgan fingerprint density at radius 3 is 2.94 bits per heavy atom. The van der Waals surface area contributed by atoms with E-state index in [1.807, 2.05) is 0 Å². The predicted molar refractivity (Wildman–Crippen MR) is 61.5 cm³/mol. The molecule has 2 rings (SSSR count). The van der Waals surface area contributed by atoms with Crippen LogP contribution in [0.4, 0.5) is 4.39 Å². The van der Waals surface area contributed by atoms with Crippen LogP contribution in [0, 0.1) is 11.9 Å². The maximum Gasteiger partial charge on any atom is 0.331 e. The number of rotatable bonds is 4. The van der Waals surface area contributed by atoms with Gasteiger partial charge in [0.15, 0.2) is 0 Å². The molecule has 0 saturated heterocycles. The highest BCUT2D eigenvalue weighted by molar-refractivity contribution is 5.91. The number of carbonyl (C=O) groups is 1. The van der Waals surface area contributed by atoms with Gasteiger partial charge in [-0.2, -0.15) is 4.39 Å². The third kappa shape index (κ3) is 3.12. The Bertz CT molecular complexity index is 452. The Hall–Kier alpha value is -1.71. The highest BCUT2D eigenvalue weighted by Gasteiger charge is 2.28. The van der Waals surface area contributed by atoms with Crippen LogP contribution in [0.15, 0.2) is 24.3 Å². The molecule has 0 amide bonds. The molecule has 0 bridgehead atoms. The predicted octanol–water partition coefficient (Wildman–Crippen LogP) is 2.58. The summed E-state index contributed by atoms with van der Waals surface area (Å²) in [5.41, 5.74) is 1.31. The highest BCUT2D eigenvalue weighted by atomic mass is 19.1. The molecule has 1 saturated carbocycles. The SMILES string of the molecule is CCOC(=O)/C=C(\c1cccc(F)n1)C1CC1. The van der Waals surface area contributed by atoms with Crippen molar-refractivity contribution >= 4 is 11.5 Å². The zero-order valence-corrected chi connectivity index (χ0v) is 9.65. The monoisotopic (exact) mass is 235 g/mol. The molecule has 1 fully saturated rings. The molecule has 0 atom stereocenters. The second kappa shape index (κ2) is 5.08. The Kier molecular flexibility index (Phi) is 3.52. The molecule has 1 aromatic heterocycles. The number of nitrogens with zero attached hydrogens (tertiary/aromatic N) is 1. The maximum absolute atomic E-state index is 13.0.